The van der Waals surface area contributed by atoms with Gasteiger partial charge in [0.15, 0.2) is 0 Å². The Kier molecular flexibility index (Phi) is 4.18. The molecule has 0 aliphatic rings. The van der Waals surface area contributed by atoms with E-state index in [1.165, 1.54) is 36.5 Å². The molecule has 2 aromatic carbocycles. The number of nitrogens with zero attached hydrogens (tertiary/aromatic N) is 3. The molecule has 0 saturated carbocycles. The highest BCUT2D eigenvalue weighted by Gasteiger charge is 2.30. The lowest BCUT2D eigenvalue weighted by Crippen LogP contribution is -2.05. The van der Waals surface area contributed by atoms with E-state index in [4.69, 9.17) is 0 Å². The van der Waals surface area contributed by atoms with Gasteiger partial charge in [-0.1, -0.05) is 6.07 Å². The minimum absolute atomic E-state index is 0.0513. The highest BCUT2D eigenvalue weighted by Crippen LogP contribution is 2.34. The second kappa shape index (κ2) is 6.33. The maximum absolute atomic E-state index is 12.9. The number of halogens is 3. The summed E-state index contributed by atoms with van der Waals surface area (Å²) in [5, 5.41) is 23.3. The number of aromatic nitrogens is 1. The van der Waals surface area contributed by atoms with Crippen molar-refractivity contribution in [2.75, 3.05) is 5.32 Å². The van der Waals surface area contributed by atoms with Gasteiger partial charge in [0.05, 0.1) is 27.3 Å². The zero-order valence-electron chi connectivity index (χ0n) is 12.9. The summed E-state index contributed by atoms with van der Waals surface area (Å²) in [4.78, 5) is 14.4. The highest BCUT2D eigenvalue weighted by atomic mass is 19.4. The van der Waals surface area contributed by atoms with Gasteiger partial charge in [-0.2, -0.15) is 18.4 Å². The van der Waals surface area contributed by atoms with E-state index in [-0.39, 0.29) is 28.0 Å². The number of alkyl halides is 3. The molecule has 9 heteroatoms. The van der Waals surface area contributed by atoms with E-state index in [0.717, 1.165) is 12.1 Å². The van der Waals surface area contributed by atoms with Gasteiger partial charge in [0.2, 0.25) is 0 Å². The Morgan fingerprint density at radius 2 is 1.96 bits per heavy atom. The van der Waals surface area contributed by atoms with Crippen molar-refractivity contribution in [3.8, 4) is 6.07 Å². The van der Waals surface area contributed by atoms with Crippen LogP contribution < -0.4 is 5.32 Å². The summed E-state index contributed by atoms with van der Waals surface area (Å²) < 4.78 is 38.6. The average molecular weight is 358 g/mol. The molecule has 130 valence electrons. The van der Waals surface area contributed by atoms with Crippen molar-refractivity contribution in [2.24, 2.45) is 0 Å². The fourth-order valence-electron chi connectivity index (χ4n) is 2.43. The van der Waals surface area contributed by atoms with Crippen LogP contribution in [0, 0.1) is 21.4 Å². The molecule has 1 aromatic heterocycles. The number of non-ortho nitro benzene ring substituents is 1. The Morgan fingerprint density at radius 1 is 1.19 bits per heavy atom. The van der Waals surface area contributed by atoms with Crippen LogP contribution in [0.3, 0.4) is 0 Å². The number of nitrogens with one attached hydrogen (secondary N) is 1. The Bertz CT molecular complexity index is 1060. The zero-order chi connectivity index (χ0) is 18.9. The summed E-state index contributed by atoms with van der Waals surface area (Å²) in [7, 11) is 0. The van der Waals surface area contributed by atoms with Gasteiger partial charge in [-0.25, -0.2) is 0 Å². The van der Waals surface area contributed by atoms with Crippen LogP contribution in [0.4, 0.5) is 30.2 Å². The van der Waals surface area contributed by atoms with Gasteiger partial charge < -0.3 is 5.32 Å². The topological polar surface area (TPSA) is 91.8 Å². The molecule has 1 N–H and O–H groups in total. The Balaban J connectivity index is 2.16. The molecule has 0 fully saturated rings. The Hall–Kier alpha value is -3.67. The van der Waals surface area contributed by atoms with Gasteiger partial charge in [-0.05, 0) is 24.3 Å². The predicted molar refractivity (Wildman–Crippen MR) is 87.8 cm³/mol. The number of nitriles is 1. The molecular formula is C17H9F3N4O2. The first-order chi connectivity index (χ1) is 12.3. The monoisotopic (exact) mass is 358 g/mol. The van der Waals surface area contributed by atoms with Crippen LogP contribution in [0.15, 0.2) is 48.7 Å². The first-order valence-electron chi connectivity index (χ1n) is 7.21. The predicted octanol–water partition coefficient (Wildman–Crippen LogP) is 4.78. The van der Waals surface area contributed by atoms with Crippen LogP contribution in [0.1, 0.15) is 11.1 Å². The van der Waals surface area contributed by atoms with Gasteiger partial charge in [0.25, 0.3) is 5.69 Å². The lowest BCUT2D eigenvalue weighted by atomic mass is 10.1. The molecule has 0 aliphatic heterocycles. The maximum Gasteiger partial charge on any atom is 0.416 e. The molecule has 0 saturated heterocycles. The van der Waals surface area contributed by atoms with Crippen molar-refractivity contribution in [3.63, 3.8) is 0 Å². The maximum atomic E-state index is 12.9. The van der Waals surface area contributed by atoms with E-state index in [0.29, 0.717) is 5.52 Å². The SMILES string of the molecule is N#Cc1cnc2ccc([N+](=O)[O-])cc2c1Nc1cccc(C(F)(F)F)c1. The third-order valence-corrected chi connectivity index (χ3v) is 3.64. The molecule has 26 heavy (non-hydrogen) atoms. The number of nitro groups is 1. The van der Waals surface area contributed by atoms with E-state index in [9.17, 15) is 28.5 Å². The van der Waals surface area contributed by atoms with Crippen LogP contribution >= 0.6 is 0 Å². The molecule has 3 rings (SSSR count). The number of benzene rings is 2. The largest absolute Gasteiger partial charge is 0.416 e. The van der Waals surface area contributed by atoms with Gasteiger partial charge in [-0.3, -0.25) is 15.1 Å². The fourth-order valence-corrected chi connectivity index (χ4v) is 2.43. The Morgan fingerprint density at radius 3 is 2.62 bits per heavy atom. The molecule has 0 bridgehead atoms. The third-order valence-electron chi connectivity index (χ3n) is 3.64. The van der Waals surface area contributed by atoms with Crippen molar-refractivity contribution in [1.82, 2.24) is 4.98 Å². The molecule has 6 nitrogen and oxygen atoms in total. The van der Waals surface area contributed by atoms with Gasteiger partial charge >= 0.3 is 6.18 Å². The van der Waals surface area contributed by atoms with E-state index in [1.807, 2.05) is 6.07 Å². The van der Waals surface area contributed by atoms with E-state index < -0.39 is 16.7 Å². The molecule has 0 aliphatic carbocycles. The average Bonchev–Trinajstić information content (AvgIpc) is 2.61. The summed E-state index contributed by atoms with van der Waals surface area (Å²) in [5.41, 5.74) is -0.415. The minimum atomic E-state index is -4.52. The van der Waals surface area contributed by atoms with E-state index >= 15 is 0 Å². The van der Waals surface area contributed by atoms with Crippen molar-refractivity contribution in [2.45, 2.75) is 6.18 Å². The quantitative estimate of drug-likeness (QED) is 0.537. The molecule has 0 radical (unpaired) electrons. The third kappa shape index (κ3) is 3.25. The van der Waals surface area contributed by atoms with Gasteiger partial charge in [-0.15, -0.1) is 0 Å². The summed E-state index contributed by atoms with van der Waals surface area (Å²) in [5.74, 6) is 0. The van der Waals surface area contributed by atoms with E-state index in [1.54, 1.807) is 0 Å². The zero-order valence-corrected chi connectivity index (χ0v) is 12.9. The number of hydrogen-bond donors (Lipinski definition) is 1. The minimum Gasteiger partial charge on any atom is -0.354 e. The standard InChI is InChI=1S/C17H9F3N4O2/c18-17(19,20)11-2-1-3-12(6-11)23-16-10(8-21)9-22-15-5-4-13(24(25)26)7-14(15)16/h1-7,9H,(H,22,23). The second-order valence-electron chi connectivity index (χ2n) is 5.32. The molecule has 0 spiro atoms. The van der Waals surface area contributed by atoms with Crippen LogP contribution in [0.2, 0.25) is 0 Å². The number of anilines is 2. The van der Waals surface area contributed by atoms with Crippen LogP contribution in [-0.4, -0.2) is 9.91 Å². The Labute approximate surface area is 144 Å². The normalized spacial score (nSPS) is 11.2. The van der Waals surface area contributed by atoms with Crippen molar-refractivity contribution in [1.29, 1.82) is 5.26 Å². The second-order valence-corrected chi connectivity index (χ2v) is 5.32. The number of nitro benzene ring substituents is 1. The van der Waals surface area contributed by atoms with Crippen molar-refractivity contribution >= 4 is 28.0 Å². The summed E-state index contributed by atoms with van der Waals surface area (Å²) in [6.07, 6.45) is -3.26. The van der Waals surface area contributed by atoms with Crippen LogP contribution in [-0.2, 0) is 6.18 Å². The smallest absolute Gasteiger partial charge is 0.354 e. The van der Waals surface area contributed by atoms with Crippen LogP contribution in [0.5, 0.6) is 0 Å². The molecule has 3 aromatic rings. The first-order valence-corrected chi connectivity index (χ1v) is 7.21. The van der Waals surface area contributed by atoms with E-state index in [2.05, 4.69) is 10.3 Å². The summed E-state index contributed by atoms with van der Waals surface area (Å²) in [6, 6.07) is 10.2. The van der Waals surface area contributed by atoms with Crippen molar-refractivity contribution in [3.05, 3.63) is 69.9 Å². The molecule has 0 unspecified atom stereocenters. The molecular weight excluding hydrogens is 349 g/mol. The molecule has 0 amide bonds. The summed E-state index contributed by atoms with van der Waals surface area (Å²) >= 11 is 0. The van der Waals surface area contributed by atoms with Gasteiger partial charge in [0.1, 0.15) is 6.07 Å². The molecule has 1 heterocycles. The lowest BCUT2D eigenvalue weighted by molar-refractivity contribution is -0.384. The number of pyridine rings is 1. The molecule has 0 atom stereocenters. The van der Waals surface area contributed by atoms with Gasteiger partial charge in [0, 0.05) is 29.4 Å². The van der Waals surface area contributed by atoms with Crippen molar-refractivity contribution < 1.29 is 18.1 Å². The number of rotatable bonds is 3. The number of hydrogen-bond acceptors (Lipinski definition) is 5. The highest BCUT2D eigenvalue weighted by molar-refractivity contribution is 5.97. The lowest BCUT2D eigenvalue weighted by Gasteiger charge is -2.13. The fraction of sp³-hybridized carbons (Fsp3) is 0.0588. The number of fused-ring (bicyclic) bond motifs is 1. The first kappa shape index (κ1) is 17.2. The van der Waals surface area contributed by atoms with Crippen LogP contribution in [0.25, 0.3) is 10.9 Å². The summed E-state index contributed by atoms with van der Waals surface area (Å²) in [6.45, 7) is 0.